The summed E-state index contributed by atoms with van der Waals surface area (Å²) in [6.45, 7) is 0. The van der Waals surface area contributed by atoms with E-state index >= 15 is 0 Å². The summed E-state index contributed by atoms with van der Waals surface area (Å²) in [7, 11) is 0. The molecular formula is C3H2F2O2. The summed E-state index contributed by atoms with van der Waals surface area (Å²) in [5.41, 5.74) is 0. The molecule has 0 aliphatic rings. The summed E-state index contributed by atoms with van der Waals surface area (Å²) in [6.07, 6.45) is -1.25. The van der Waals surface area contributed by atoms with E-state index in [0.717, 1.165) is 0 Å². The first-order valence-electron chi connectivity index (χ1n) is 1.49. The Hall–Kier alpha value is -0.800. The molecule has 0 fully saturated rings. The molecule has 0 aliphatic carbocycles. The number of carbonyl (C=O) groups excluding carboxylic acids is 2. The van der Waals surface area contributed by atoms with Crippen molar-refractivity contribution in [2.24, 2.45) is 0 Å². The van der Waals surface area contributed by atoms with Gasteiger partial charge in [-0.1, -0.05) is 0 Å². The lowest BCUT2D eigenvalue weighted by Gasteiger charge is -1.73. The topological polar surface area (TPSA) is 34.1 Å². The molecule has 0 aromatic heterocycles. The molecule has 0 unspecified atom stereocenters. The van der Waals surface area contributed by atoms with Crippen molar-refractivity contribution < 1.29 is 18.4 Å². The normalized spacial score (nSPS) is 8.29. The maximum Gasteiger partial charge on any atom is 0.311 e. The fourth-order valence-corrected chi connectivity index (χ4v) is 0.109. The van der Waals surface area contributed by atoms with Gasteiger partial charge in [0.05, 0.1) is 0 Å². The summed E-state index contributed by atoms with van der Waals surface area (Å²) in [6, 6.07) is -3.87. The van der Waals surface area contributed by atoms with Gasteiger partial charge >= 0.3 is 12.1 Å². The second kappa shape index (κ2) is 2.39. The van der Waals surface area contributed by atoms with E-state index in [4.69, 9.17) is 9.59 Å². The average Bonchev–Trinajstić information content (AvgIpc) is 1.27. The molecule has 0 saturated heterocycles. The SMILES string of the molecule is O=C(F)CC(=O)F. The van der Waals surface area contributed by atoms with Crippen molar-refractivity contribution in [2.75, 3.05) is 0 Å². The molecule has 0 bridgehead atoms. The minimum atomic E-state index is -1.94. The number of carbonyl (C=O) groups is 2. The van der Waals surface area contributed by atoms with Crippen LogP contribution in [-0.2, 0) is 9.59 Å². The zero-order valence-corrected chi connectivity index (χ0v) is 3.28. The predicted octanol–water partition coefficient (Wildman–Crippen LogP) is 0.369. The van der Waals surface area contributed by atoms with Gasteiger partial charge in [0.15, 0.2) is 0 Å². The summed E-state index contributed by atoms with van der Waals surface area (Å²) < 4.78 is 21.7. The molecule has 0 saturated carbocycles. The minimum Gasteiger partial charge on any atom is -0.261 e. The van der Waals surface area contributed by atoms with E-state index < -0.39 is 18.5 Å². The first kappa shape index (κ1) is 6.20. The van der Waals surface area contributed by atoms with Gasteiger partial charge in [-0.05, 0) is 0 Å². The molecule has 0 atom stereocenters. The van der Waals surface area contributed by atoms with Crippen molar-refractivity contribution >= 4 is 12.1 Å². The second-order valence-corrected chi connectivity index (χ2v) is 0.887. The average molecular weight is 108 g/mol. The van der Waals surface area contributed by atoms with Crippen molar-refractivity contribution in [1.29, 1.82) is 0 Å². The number of hydrogen-bond donors (Lipinski definition) is 0. The van der Waals surface area contributed by atoms with Crippen LogP contribution in [0.25, 0.3) is 0 Å². The highest BCUT2D eigenvalue weighted by atomic mass is 19.1. The second-order valence-electron chi connectivity index (χ2n) is 0.887. The lowest BCUT2D eigenvalue weighted by molar-refractivity contribution is -0.138. The molecule has 4 heteroatoms. The lowest BCUT2D eigenvalue weighted by Crippen LogP contribution is -1.94. The molecule has 0 aromatic rings. The quantitative estimate of drug-likeness (QED) is 0.378. The number of halogens is 2. The Morgan fingerprint density at radius 2 is 1.43 bits per heavy atom. The zero-order valence-electron chi connectivity index (χ0n) is 3.28. The summed E-state index contributed by atoms with van der Waals surface area (Å²) in [4.78, 5) is 18.3. The highest BCUT2D eigenvalue weighted by Crippen LogP contribution is 1.85. The fraction of sp³-hybridized carbons (Fsp3) is 0.333. The van der Waals surface area contributed by atoms with Gasteiger partial charge in [-0.2, -0.15) is 8.78 Å². The highest BCUT2D eigenvalue weighted by Gasteiger charge is 2.04. The lowest BCUT2D eigenvalue weighted by atomic mass is 10.5. The van der Waals surface area contributed by atoms with Gasteiger partial charge in [-0.3, -0.25) is 9.59 Å². The Balaban J connectivity index is 3.32. The van der Waals surface area contributed by atoms with E-state index in [0.29, 0.717) is 0 Å². The predicted molar refractivity (Wildman–Crippen MR) is 16.8 cm³/mol. The first-order chi connectivity index (χ1) is 3.13. The third-order valence-electron chi connectivity index (χ3n) is 0.278. The molecule has 0 aromatic carbocycles. The van der Waals surface area contributed by atoms with Crippen LogP contribution in [0.5, 0.6) is 0 Å². The molecule has 0 spiro atoms. The molecule has 0 amide bonds. The summed E-state index contributed by atoms with van der Waals surface area (Å²) in [5.74, 6) is 0. The zero-order chi connectivity index (χ0) is 5.86. The molecule has 0 rings (SSSR count). The first-order valence-corrected chi connectivity index (χ1v) is 1.49. The Morgan fingerprint density at radius 1 is 1.14 bits per heavy atom. The highest BCUT2D eigenvalue weighted by molar-refractivity contribution is 5.89. The van der Waals surface area contributed by atoms with E-state index in [9.17, 15) is 8.78 Å². The fourth-order valence-electron chi connectivity index (χ4n) is 0.109. The monoisotopic (exact) mass is 108 g/mol. The van der Waals surface area contributed by atoms with Gasteiger partial charge in [0.25, 0.3) is 0 Å². The van der Waals surface area contributed by atoms with Crippen LogP contribution in [0.2, 0.25) is 0 Å². The van der Waals surface area contributed by atoms with E-state index in [1.54, 1.807) is 0 Å². The van der Waals surface area contributed by atoms with Crippen molar-refractivity contribution in [2.45, 2.75) is 6.42 Å². The Bertz CT molecular complexity index is 87.1. The van der Waals surface area contributed by atoms with E-state index in [-0.39, 0.29) is 0 Å². The van der Waals surface area contributed by atoms with Crippen LogP contribution < -0.4 is 0 Å². The smallest absolute Gasteiger partial charge is 0.261 e. The molecule has 40 valence electrons. The van der Waals surface area contributed by atoms with Crippen LogP contribution in [0.15, 0.2) is 0 Å². The Kier molecular flexibility index (Phi) is 2.11. The van der Waals surface area contributed by atoms with Crippen molar-refractivity contribution in [1.82, 2.24) is 0 Å². The molecule has 0 radical (unpaired) electrons. The molecule has 0 heterocycles. The largest absolute Gasteiger partial charge is 0.311 e. The summed E-state index contributed by atoms with van der Waals surface area (Å²) >= 11 is 0. The molecule has 0 aliphatic heterocycles. The third-order valence-corrected chi connectivity index (χ3v) is 0.278. The maximum absolute atomic E-state index is 10.9. The molecule has 2 nitrogen and oxygen atoms in total. The summed E-state index contributed by atoms with van der Waals surface area (Å²) in [5, 5.41) is 0. The minimum absolute atomic E-state index is 1.25. The van der Waals surface area contributed by atoms with Gasteiger partial charge in [0.2, 0.25) is 0 Å². The van der Waals surface area contributed by atoms with Crippen molar-refractivity contribution in [3.05, 3.63) is 0 Å². The maximum atomic E-state index is 10.9. The Morgan fingerprint density at radius 3 is 1.43 bits per heavy atom. The van der Waals surface area contributed by atoms with E-state index in [2.05, 4.69) is 0 Å². The Labute approximate surface area is 38.1 Å². The molecule has 7 heavy (non-hydrogen) atoms. The van der Waals surface area contributed by atoms with Crippen LogP contribution in [0.4, 0.5) is 8.78 Å². The van der Waals surface area contributed by atoms with Gasteiger partial charge in [0, 0.05) is 0 Å². The number of hydrogen-bond acceptors (Lipinski definition) is 2. The van der Waals surface area contributed by atoms with Gasteiger partial charge in [0.1, 0.15) is 6.42 Å². The van der Waals surface area contributed by atoms with Crippen LogP contribution in [-0.4, -0.2) is 12.1 Å². The van der Waals surface area contributed by atoms with Crippen LogP contribution in [0.3, 0.4) is 0 Å². The third kappa shape index (κ3) is 5.20. The van der Waals surface area contributed by atoms with Crippen molar-refractivity contribution in [3.8, 4) is 0 Å². The van der Waals surface area contributed by atoms with Crippen LogP contribution >= 0.6 is 0 Å². The number of rotatable bonds is 2. The van der Waals surface area contributed by atoms with E-state index in [1.165, 1.54) is 0 Å². The molecule has 0 N–H and O–H groups in total. The van der Waals surface area contributed by atoms with Crippen LogP contribution in [0.1, 0.15) is 6.42 Å². The van der Waals surface area contributed by atoms with Crippen molar-refractivity contribution in [3.63, 3.8) is 0 Å². The van der Waals surface area contributed by atoms with Gasteiger partial charge in [-0.25, -0.2) is 0 Å². The van der Waals surface area contributed by atoms with Crippen LogP contribution in [0, 0.1) is 0 Å². The standard InChI is InChI=1S/C3H2F2O2/c4-2(6)1-3(5)7/h1H2. The van der Waals surface area contributed by atoms with Gasteiger partial charge in [-0.15, -0.1) is 0 Å². The van der Waals surface area contributed by atoms with E-state index in [1.807, 2.05) is 0 Å². The van der Waals surface area contributed by atoms with Gasteiger partial charge < -0.3 is 0 Å². The molecular weight excluding hydrogens is 106 g/mol.